The number of hydrogen-bond acceptors (Lipinski definition) is 1. The molecule has 0 bridgehead atoms. The van der Waals surface area contributed by atoms with E-state index in [2.05, 4.69) is 26.1 Å². The van der Waals surface area contributed by atoms with Crippen LogP contribution in [0.1, 0.15) is 45.1 Å². The molecule has 1 atom stereocenters. The highest BCUT2D eigenvalue weighted by atomic mass is 19.1. The maximum absolute atomic E-state index is 13.0. The number of likely N-dealkylation sites (N-methyl/N-ethyl adjacent to an activating group) is 1. The molecular formula is C15H24FN. The van der Waals surface area contributed by atoms with Crippen LogP contribution in [0.4, 0.5) is 4.39 Å². The monoisotopic (exact) mass is 237 g/mol. The first kappa shape index (κ1) is 14.2. The van der Waals surface area contributed by atoms with Crippen LogP contribution in [-0.4, -0.2) is 13.1 Å². The van der Waals surface area contributed by atoms with Crippen molar-refractivity contribution in [2.24, 2.45) is 5.92 Å². The number of halogens is 1. The molecule has 0 aromatic heterocycles. The summed E-state index contributed by atoms with van der Waals surface area (Å²) >= 11 is 0. The minimum atomic E-state index is -0.152. The Morgan fingerprint density at radius 1 is 1.06 bits per heavy atom. The molecule has 1 nitrogen and oxygen atoms in total. The third-order valence-electron chi connectivity index (χ3n) is 3.53. The molecule has 0 fully saturated rings. The molecule has 1 aromatic carbocycles. The van der Waals surface area contributed by atoms with Crippen LogP contribution in [0.5, 0.6) is 0 Å². The molecule has 2 heteroatoms. The van der Waals surface area contributed by atoms with E-state index in [-0.39, 0.29) is 5.82 Å². The van der Waals surface area contributed by atoms with Gasteiger partial charge in [0.15, 0.2) is 0 Å². The number of benzene rings is 1. The summed E-state index contributed by atoms with van der Waals surface area (Å²) in [4.78, 5) is 0. The lowest BCUT2D eigenvalue weighted by Crippen LogP contribution is -2.26. The van der Waals surface area contributed by atoms with Crippen molar-refractivity contribution in [2.45, 2.75) is 39.5 Å². The van der Waals surface area contributed by atoms with E-state index in [1.807, 2.05) is 12.1 Å². The van der Waals surface area contributed by atoms with E-state index < -0.39 is 0 Å². The molecule has 0 aliphatic rings. The van der Waals surface area contributed by atoms with Crippen molar-refractivity contribution in [1.82, 2.24) is 5.32 Å². The molecule has 0 spiro atoms. The number of hydrogen-bond donors (Lipinski definition) is 1. The molecule has 0 aliphatic heterocycles. The van der Waals surface area contributed by atoms with Gasteiger partial charge in [0.2, 0.25) is 0 Å². The number of nitrogens with one attached hydrogen (secondary N) is 1. The van der Waals surface area contributed by atoms with Crippen molar-refractivity contribution in [1.29, 1.82) is 0 Å². The molecule has 1 aromatic rings. The highest BCUT2D eigenvalue weighted by Gasteiger charge is 2.19. The summed E-state index contributed by atoms with van der Waals surface area (Å²) in [5, 5.41) is 3.42. The van der Waals surface area contributed by atoms with Crippen LogP contribution in [0.15, 0.2) is 24.3 Å². The fourth-order valence-corrected chi connectivity index (χ4v) is 2.42. The molecule has 0 saturated carbocycles. The van der Waals surface area contributed by atoms with Gasteiger partial charge in [-0.1, -0.05) is 45.7 Å². The summed E-state index contributed by atoms with van der Waals surface area (Å²) in [6, 6.07) is 6.98. The van der Waals surface area contributed by atoms with E-state index in [0.29, 0.717) is 11.8 Å². The molecule has 0 heterocycles. The highest BCUT2D eigenvalue weighted by molar-refractivity contribution is 5.21. The topological polar surface area (TPSA) is 12.0 Å². The molecule has 1 N–H and O–H groups in total. The maximum Gasteiger partial charge on any atom is 0.123 e. The lowest BCUT2D eigenvalue weighted by molar-refractivity contribution is 0.382. The van der Waals surface area contributed by atoms with Crippen LogP contribution in [0, 0.1) is 11.7 Å². The van der Waals surface area contributed by atoms with Crippen LogP contribution in [0.2, 0.25) is 0 Å². The van der Waals surface area contributed by atoms with Gasteiger partial charge in [-0.25, -0.2) is 4.39 Å². The zero-order chi connectivity index (χ0) is 12.7. The summed E-state index contributed by atoms with van der Waals surface area (Å²) in [6.07, 6.45) is 2.34. The average molecular weight is 237 g/mol. The van der Waals surface area contributed by atoms with Crippen LogP contribution >= 0.6 is 0 Å². The molecule has 17 heavy (non-hydrogen) atoms. The van der Waals surface area contributed by atoms with Gasteiger partial charge in [0.05, 0.1) is 0 Å². The molecule has 96 valence electrons. The first-order valence-corrected chi connectivity index (χ1v) is 6.69. The second-order valence-electron chi connectivity index (χ2n) is 4.54. The molecule has 0 aliphatic carbocycles. The molecule has 1 unspecified atom stereocenters. The summed E-state index contributed by atoms with van der Waals surface area (Å²) < 4.78 is 13.0. The highest BCUT2D eigenvalue weighted by Crippen LogP contribution is 2.29. The Labute approximate surface area is 104 Å². The molecule has 0 saturated heterocycles. The van der Waals surface area contributed by atoms with Gasteiger partial charge >= 0.3 is 0 Å². The number of rotatable bonds is 7. The average Bonchev–Trinajstić information content (AvgIpc) is 2.36. The Kier molecular flexibility index (Phi) is 6.20. The lowest BCUT2D eigenvalue weighted by atomic mass is 9.82. The van der Waals surface area contributed by atoms with Crippen molar-refractivity contribution in [3.63, 3.8) is 0 Å². The van der Waals surface area contributed by atoms with Crippen molar-refractivity contribution >= 4 is 0 Å². The van der Waals surface area contributed by atoms with E-state index in [4.69, 9.17) is 0 Å². The fourth-order valence-electron chi connectivity index (χ4n) is 2.42. The largest absolute Gasteiger partial charge is 0.316 e. The summed E-state index contributed by atoms with van der Waals surface area (Å²) in [5.41, 5.74) is 1.25. The minimum absolute atomic E-state index is 0.152. The summed E-state index contributed by atoms with van der Waals surface area (Å²) in [7, 11) is 0. The Morgan fingerprint density at radius 2 is 1.65 bits per heavy atom. The normalized spacial score (nSPS) is 13.0. The third kappa shape index (κ3) is 4.12. The van der Waals surface area contributed by atoms with Gasteiger partial charge < -0.3 is 5.32 Å². The van der Waals surface area contributed by atoms with Gasteiger partial charge in [-0.3, -0.25) is 0 Å². The van der Waals surface area contributed by atoms with Crippen LogP contribution in [0.25, 0.3) is 0 Å². The Hall–Kier alpha value is -0.890. The Balaban J connectivity index is 2.84. The second kappa shape index (κ2) is 7.44. The van der Waals surface area contributed by atoms with Gasteiger partial charge in [-0.15, -0.1) is 0 Å². The van der Waals surface area contributed by atoms with E-state index in [1.165, 1.54) is 18.4 Å². The lowest BCUT2D eigenvalue weighted by Gasteiger charge is -2.26. The Bertz CT molecular complexity index is 303. The van der Waals surface area contributed by atoms with Gasteiger partial charge in [0.25, 0.3) is 0 Å². The van der Waals surface area contributed by atoms with Gasteiger partial charge in [-0.05, 0) is 36.1 Å². The van der Waals surface area contributed by atoms with E-state index in [9.17, 15) is 4.39 Å². The SMILES string of the molecule is CCNCC(c1ccc(F)cc1)C(CC)CC. The zero-order valence-corrected chi connectivity index (χ0v) is 11.2. The molecular weight excluding hydrogens is 213 g/mol. The van der Waals surface area contributed by atoms with Crippen LogP contribution in [0.3, 0.4) is 0 Å². The first-order valence-electron chi connectivity index (χ1n) is 6.69. The second-order valence-corrected chi connectivity index (χ2v) is 4.54. The summed E-state index contributed by atoms with van der Waals surface area (Å²) in [6.45, 7) is 8.55. The third-order valence-corrected chi connectivity index (χ3v) is 3.53. The van der Waals surface area contributed by atoms with Crippen LogP contribution in [-0.2, 0) is 0 Å². The van der Waals surface area contributed by atoms with Crippen molar-refractivity contribution in [3.05, 3.63) is 35.6 Å². The van der Waals surface area contributed by atoms with E-state index in [1.54, 1.807) is 12.1 Å². The van der Waals surface area contributed by atoms with Gasteiger partial charge in [0, 0.05) is 6.54 Å². The van der Waals surface area contributed by atoms with E-state index >= 15 is 0 Å². The predicted molar refractivity (Wildman–Crippen MR) is 71.8 cm³/mol. The molecule has 0 radical (unpaired) electrons. The van der Waals surface area contributed by atoms with Gasteiger partial charge in [0.1, 0.15) is 5.82 Å². The van der Waals surface area contributed by atoms with Crippen molar-refractivity contribution < 1.29 is 4.39 Å². The zero-order valence-electron chi connectivity index (χ0n) is 11.2. The van der Waals surface area contributed by atoms with Gasteiger partial charge in [-0.2, -0.15) is 0 Å². The van der Waals surface area contributed by atoms with Crippen molar-refractivity contribution in [3.8, 4) is 0 Å². The fraction of sp³-hybridized carbons (Fsp3) is 0.600. The standard InChI is InChI=1S/C15H24FN/c1-4-12(5-2)15(11-17-6-3)13-7-9-14(16)10-8-13/h7-10,12,15,17H,4-6,11H2,1-3H3. The van der Waals surface area contributed by atoms with Crippen LogP contribution < -0.4 is 5.32 Å². The Morgan fingerprint density at radius 3 is 2.12 bits per heavy atom. The molecule has 1 rings (SSSR count). The predicted octanol–water partition coefficient (Wildman–Crippen LogP) is 3.96. The van der Waals surface area contributed by atoms with Crippen molar-refractivity contribution in [2.75, 3.05) is 13.1 Å². The van der Waals surface area contributed by atoms with E-state index in [0.717, 1.165) is 13.1 Å². The maximum atomic E-state index is 13.0. The smallest absolute Gasteiger partial charge is 0.123 e. The minimum Gasteiger partial charge on any atom is -0.316 e. The molecule has 0 amide bonds. The quantitative estimate of drug-likeness (QED) is 0.757. The first-order chi connectivity index (χ1) is 8.22. The summed E-state index contributed by atoms with van der Waals surface area (Å²) in [5.74, 6) is 1.01.